The van der Waals surface area contributed by atoms with Gasteiger partial charge in [-0.1, -0.05) is 35.9 Å². The fourth-order valence-corrected chi connectivity index (χ4v) is 5.29. The minimum atomic E-state index is -3.69. The van der Waals surface area contributed by atoms with Crippen molar-refractivity contribution in [2.75, 3.05) is 24.3 Å². The van der Waals surface area contributed by atoms with Crippen molar-refractivity contribution in [1.82, 2.24) is 0 Å². The average molecular weight is 459 g/mol. The van der Waals surface area contributed by atoms with E-state index in [1.54, 1.807) is 74.5 Å². The number of anilines is 2. The van der Waals surface area contributed by atoms with Gasteiger partial charge in [0.25, 0.3) is 0 Å². The Balaban J connectivity index is 1.78. The van der Waals surface area contributed by atoms with Crippen LogP contribution in [0.5, 0.6) is 5.75 Å². The van der Waals surface area contributed by atoms with Crippen molar-refractivity contribution in [2.24, 2.45) is 0 Å². The Morgan fingerprint density at radius 1 is 1.03 bits per heavy atom. The molecule has 0 atom stereocenters. The lowest BCUT2D eigenvalue weighted by Crippen LogP contribution is -2.22. The molecule has 0 fully saturated rings. The van der Waals surface area contributed by atoms with Crippen LogP contribution in [0, 0.1) is 13.8 Å². The number of hydrogen-bond donors (Lipinski definition) is 2. The molecule has 3 aromatic carbocycles. The van der Waals surface area contributed by atoms with Crippen molar-refractivity contribution in [3.8, 4) is 5.75 Å². The van der Waals surface area contributed by atoms with Crippen LogP contribution in [0.25, 0.3) is 0 Å². The van der Waals surface area contributed by atoms with Crippen molar-refractivity contribution in [3.63, 3.8) is 0 Å². The molecule has 162 valence electrons. The number of carbonyl (C=O) groups is 1. The SMILES string of the molecule is COc1ccc(NC(=O)CNc2ccc(C)c(S(=O)(=O)c3ccccc3)c2C)cc1Cl. The first-order valence-electron chi connectivity index (χ1n) is 9.51. The first-order chi connectivity index (χ1) is 14.7. The average Bonchev–Trinajstić information content (AvgIpc) is 2.74. The number of aryl methyl sites for hydroxylation is 1. The lowest BCUT2D eigenvalue weighted by Gasteiger charge is -2.16. The molecule has 1 amide bonds. The third kappa shape index (κ3) is 5.00. The van der Waals surface area contributed by atoms with Crippen LogP contribution in [0.3, 0.4) is 0 Å². The fraction of sp³-hybridized carbons (Fsp3) is 0.174. The maximum absolute atomic E-state index is 13.2. The molecular formula is C23H23ClN2O4S. The van der Waals surface area contributed by atoms with Gasteiger partial charge in [-0.25, -0.2) is 8.42 Å². The van der Waals surface area contributed by atoms with Gasteiger partial charge in [0.2, 0.25) is 15.7 Å². The molecule has 0 saturated carbocycles. The largest absolute Gasteiger partial charge is 0.495 e. The van der Waals surface area contributed by atoms with E-state index in [1.165, 1.54) is 7.11 Å². The summed E-state index contributed by atoms with van der Waals surface area (Å²) in [5.74, 6) is 0.217. The van der Waals surface area contributed by atoms with Gasteiger partial charge in [-0.2, -0.15) is 0 Å². The molecular weight excluding hydrogens is 436 g/mol. The predicted molar refractivity (Wildman–Crippen MR) is 123 cm³/mol. The van der Waals surface area contributed by atoms with Gasteiger partial charge in [-0.15, -0.1) is 0 Å². The van der Waals surface area contributed by atoms with E-state index in [0.29, 0.717) is 33.3 Å². The van der Waals surface area contributed by atoms with Gasteiger partial charge in [0.05, 0.1) is 28.5 Å². The standard InChI is InChI=1S/C23H23ClN2O4S/c1-15-9-11-20(16(2)23(15)31(28,29)18-7-5-4-6-8-18)25-14-22(27)26-17-10-12-21(30-3)19(24)13-17/h4-13,25H,14H2,1-3H3,(H,26,27). The van der Waals surface area contributed by atoms with Gasteiger partial charge in [-0.3, -0.25) is 4.79 Å². The summed E-state index contributed by atoms with van der Waals surface area (Å²) in [6.45, 7) is 3.44. The highest BCUT2D eigenvalue weighted by atomic mass is 35.5. The third-order valence-electron chi connectivity index (χ3n) is 4.80. The zero-order valence-electron chi connectivity index (χ0n) is 17.4. The summed E-state index contributed by atoms with van der Waals surface area (Å²) in [5, 5.41) is 6.16. The summed E-state index contributed by atoms with van der Waals surface area (Å²) in [6, 6.07) is 16.7. The van der Waals surface area contributed by atoms with E-state index in [0.717, 1.165) is 0 Å². The maximum atomic E-state index is 13.2. The maximum Gasteiger partial charge on any atom is 0.243 e. The van der Waals surface area contributed by atoms with Gasteiger partial charge in [-0.05, 0) is 61.4 Å². The molecule has 0 aromatic heterocycles. The Hall–Kier alpha value is -3.03. The van der Waals surface area contributed by atoms with Crippen LogP contribution in [-0.4, -0.2) is 28.0 Å². The lowest BCUT2D eigenvalue weighted by atomic mass is 10.1. The number of methoxy groups -OCH3 is 1. The number of halogens is 1. The molecule has 0 bridgehead atoms. The summed E-state index contributed by atoms with van der Waals surface area (Å²) in [6.07, 6.45) is 0. The molecule has 31 heavy (non-hydrogen) atoms. The highest BCUT2D eigenvalue weighted by Gasteiger charge is 2.23. The molecule has 0 spiro atoms. The number of benzene rings is 3. The van der Waals surface area contributed by atoms with Crippen molar-refractivity contribution >= 4 is 38.7 Å². The lowest BCUT2D eigenvalue weighted by molar-refractivity contribution is -0.114. The monoisotopic (exact) mass is 458 g/mol. The summed E-state index contributed by atoms with van der Waals surface area (Å²) < 4.78 is 31.4. The molecule has 3 aromatic rings. The molecule has 0 heterocycles. The van der Waals surface area contributed by atoms with E-state index >= 15 is 0 Å². The van der Waals surface area contributed by atoms with E-state index in [2.05, 4.69) is 10.6 Å². The zero-order valence-corrected chi connectivity index (χ0v) is 19.0. The van der Waals surface area contributed by atoms with Gasteiger partial charge in [0.15, 0.2) is 0 Å². The Kier molecular flexibility index (Phi) is 6.87. The number of rotatable bonds is 7. The third-order valence-corrected chi connectivity index (χ3v) is 7.15. The van der Waals surface area contributed by atoms with Gasteiger partial charge in [0.1, 0.15) is 5.75 Å². The number of hydrogen-bond acceptors (Lipinski definition) is 5. The van der Waals surface area contributed by atoms with Crippen molar-refractivity contribution in [3.05, 3.63) is 76.8 Å². The molecule has 0 aliphatic rings. The zero-order chi connectivity index (χ0) is 22.6. The molecule has 0 radical (unpaired) electrons. The second-order valence-corrected chi connectivity index (χ2v) is 9.25. The number of nitrogens with one attached hydrogen (secondary N) is 2. The number of amides is 1. The summed E-state index contributed by atoms with van der Waals surface area (Å²) in [5.41, 5.74) is 2.31. The predicted octanol–water partition coefficient (Wildman–Crippen LogP) is 4.85. The Morgan fingerprint density at radius 2 is 1.74 bits per heavy atom. The van der Waals surface area contributed by atoms with Gasteiger partial charge < -0.3 is 15.4 Å². The minimum Gasteiger partial charge on any atom is -0.495 e. The second kappa shape index (κ2) is 9.41. The Bertz CT molecular complexity index is 1210. The first-order valence-corrected chi connectivity index (χ1v) is 11.4. The molecule has 0 unspecified atom stereocenters. The van der Waals surface area contributed by atoms with Crippen LogP contribution >= 0.6 is 11.6 Å². The quantitative estimate of drug-likeness (QED) is 0.528. The van der Waals surface area contributed by atoms with Crippen molar-refractivity contribution in [1.29, 1.82) is 0 Å². The Labute approximate surface area is 187 Å². The Morgan fingerprint density at radius 3 is 2.39 bits per heavy atom. The first kappa shape index (κ1) is 22.7. The second-order valence-electron chi connectivity index (χ2n) is 6.95. The summed E-state index contributed by atoms with van der Waals surface area (Å²) in [4.78, 5) is 12.8. The summed E-state index contributed by atoms with van der Waals surface area (Å²) >= 11 is 6.08. The van der Waals surface area contributed by atoms with E-state index in [-0.39, 0.29) is 22.2 Å². The normalized spacial score (nSPS) is 11.1. The molecule has 3 rings (SSSR count). The van der Waals surface area contributed by atoms with E-state index in [1.807, 2.05) is 0 Å². The van der Waals surface area contributed by atoms with Gasteiger partial charge in [0, 0.05) is 11.4 Å². The molecule has 8 heteroatoms. The summed E-state index contributed by atoms with van der Waals surface area (Å²) in [7, 11) is -2.17. The van der Waals surface area contributed by atoms with Crippen molar-refractivity contribution < 1.29 is 17.9 Å². The molecule has 0 aliphatic heterocycles. The van der Waals surface area contributed by atoms with Gasteiger partial charge >= 0.3 is 0 Å². The van der Waals surface area contributed by atoms with Crippen LogP contribution in [0.15, 0.2) is 70.5 Å². The minimum absolute atomic E-state index is 0.0433. The number of carbonyl (C=O) groups excluding carboxylic acids is 1. The van der Waals surface area contributed by atoms with Crippen molar-refractivity contribution in [2.45, 2.75) is 23.6 Å². The molecule has 0 aliphatic carbocycles. The fourth-order valence-electron chi connectivity index (χ4n) is 3.27. The van der Waals surface area contributed by atoms with E-state index in [4.69, 9.17) is 16.3 Å². The smallest absolute Gasteiger partial charge is 0.243 e. The van der Waals surface area contributed by atoms with Crippen LogP contribution in [-0.2, 0) is 14.6 Å². The topological polar surface area (TPSA) is 84.5 Å². The van der Waals surface area contributed by atoms with Crippen LogP contribution < -0.4 is 15.4 Å². The van der Waals surface area contributed by atoms with Crippen LogP contribution in [0.4, 0.5) is 11.4 Å². The molecule has 2 N–H and O–H groups in total. The highest BCUT2D eigenvalue weighted by molar-refractivity contribution is 7.91. The van der Waals surface area contributed by atoms with E-state index < -0.39 is 9.84 Å². The highest BCUT2D eigenvalue weighted by Crippen LogP contribution is 2.31. The van der Waals surface area contributed by atoms with E-state index in [9.17, 15) is 13.2 Å². The molecule has 6 nitrogen and oxygen atoms in total. The van der Waals surface area contributed by atoms with Crippen LogP contribution in [0.1, 0.15) is 11.1 Å². The van der Waals surface area contributed by atoms with Crippen LogP contribution in [0.2, 0.25) is 5.02 Å². The number of ether oxygens (including phenoxy) is 1. The molecule has 0 saturated heterocycles. The number of sulfone groups is 1.